The van der Waals surface area contributed by atoms with Crippen LogP contribution in [0.25, 0.3) is 0 Å². The van der Waals surface area contributed by atoms with Gasteiger partial charge in [-0.15, -0.1) is 11.3 Å². The Morgan fingerprint density at radius 2 is 2.17 bits per heavy atom. The number of pyridine rings is 1. The van der Waals surface area contributed by atoms with Gasteiger partial charge >= 0.3 is 0 Å². The Morgan fingerprint density at radius 3 is 2.72 bits per heavy atom. The van der Waals surface area contributed by atoms with Gasteiger partial charge in [0.25, 0.3) is 0 Å². The average molecular weight is 282 g/mol. The van der Waals surface area contributed by atoms with Crippen molar-refractivity contribution in [1.29, 1.82) is 0 Å². The van der Waals surface area contributed by atoms with Crippen LogP contribution in [0.2, 0.25) is 0 Å². The van der Waals surface area contributed by atoms with Gasteiger partial charge in [-0.3, -0.25) is 4.98 Å². The summed E-state index contributed by atoms with van der Waals surface area (Å²) in [5.74, 6) is -0.112. The zero-order valence-corrected chi connectivity index (χ0v) is 11.8. The largest absolute Gasteiger partial charge is 0.370 e. The summed E-state index contributed by atoms with van der Waals surface area (Å²) < 4.78 is 24.8. The fourth-order valence-electron chi connectivity index (χ4n) is 1.64. The van der Waals surface area contributed by atoms with Gasteiger partial charge in [0.2, 0.25) is 9.84 Å². The maximum absolute atomic E-state index is 12.2. The number of sulfone groups is 1. The summed E-state index contributed by atoms with van der Waals surface area (Å²) in [5.41, 5.74) is 1.51. The van der Waals surface area contributed by atoms with E-state index in [0.29, 0.717) is 9.90 Å². The lowest BCUT2D eigenvalue weighted by Gasteiger charge is -2.06. The molecule has 4 nitrogen and oxygen atoms in total. The maximum Gasteiger partial charge on any atom is 0.205 e. The highest BCUT2D eigenvalue weighted by atomic mass is 32.2. The van der Waals surface area contributed by atoms with Crippen molar-refractivity contribution in [2.75, 3.05) is 11.2 Å². The van der Waals surface area contributed by atoms with Crippen molar-refractivity contribution in [3.05, 3.63) is 41.0 Å². The highest BCUT2D eigenvalue weighted by Gasteiger charge is 2.19. The van der Waals surface area contributed by atoms with E-state index in [1.807, 2.05) is 19.9 Å². The van der Waals surface area contributed by atoms with Crippen LogP contribution in [-0.2, 0) is 9.84 Å². The van der Waals surface area contributed by atoms with Crippen LogP contribution in [0.5, 0.6) is 0 Å². The lowest BCUT2D eigenvalue weighted by atomic mass is 10.4. The Balaban J connectivity index is 2.16. The van der Waals surface area contributed by atoms with Crippen LogP contribution in [0.1, 0.15) is 10.4 Å². The molecule has 2 rings (SSSR count). The van der Waals surface area contributed by atoms with Gasteiger partial charge in [0, 0.05) is 17.3 Å². The first kappa shape index (κ1) is 13.0. The van der Waals surface area contributed by atoms with E-state index in [4.69, 9.17) is 0 Å². The van der Waals surface area contributed by atoms with Crippen molar-refractivity contribution >= 4 is 26.9 Å². The summed E-state index contributed by atoms with van der Waals surface area (Å²) in [6.45, 7) is 3.73. The molecule has 0 aromatic carbocycles. The molecule has 0 aliphatic rings. The number of hydrogen-bond donors (Lipinski definition) is 1. The van der Waals surface area contributed by atoms with Crippen molar-refractivity contribution in [1.82, 2.24) is 4.98 Å². The second-order valence-corrected chi connectivity index (χ2v) is 7.45. The summed E-state index contributed by atoms with van der Waals surface area (Å²) in [5, 5.41) is 2.88. The highest BCUT2D eigenvalue weighted by Crippen LogP contribution is 2.26. The minimum Gasteiger partial charge on any atom is -0.370 e. The molecule has 1 N–H and O–H groups in total. The van der Waals surface area contributed by atoms with Gasteiger partial charge in [-0.2, -0.15) is 0 Å². The minimum absolute atomic E-state index is 0.112. The van der Waals surface area contributed by atoms with Crippen LogP contribution in [0.4, 0.5) is 5.69 Å². The molecule has 0 unspecified atom stereocenters. The summed E-state index contributed by atoms with van der Waals surface area (Å²) >= 11 is 1.31. The summed E-state index contributed by atoms with van der Waals surface area (Å²) in [7, 11) is -3.29. The lowest BCUT2D eigenvalue weighted by Crippen LogP contribution is -2.14. The number of hydrogen-bond acceptors (Lipinski definition) is 5. The zero-order valence-electron chi connectivity index (χ0n) is 10.2. The number of aromatic nitrogens is 1. The van der Waals surface area contributed by atoms with E-state index < -0.39 is 9.84 Å². The van der Waals surface area contributed by atoms with Gasteiger partial charge in [0.1, 0.15) is 10.1 Å². The number of anilines is 1. The van der Waals surface area contributed by atoms with Gasteiger partial charge in [-0.1, -0.05) is 0 Å². The fraction of sp³-hybridized carbons (Fsp3) is 0.250. The van der Waals surface area contributed by atoms with Gasteiger partial charge in [-0.05, 0) is 37.6 Å². The molecule has 6 heteroatoms. The molecule has 0 aliphatic heterocycles. The molecule has 2 aromatic heterocycles. The SMILES string of the molecule is Cc1cc(C)c(S(=O)(=O)CNc2cccnc2)s1. The molecule has 18 heavy (non-hydrogen) atoms. The van der Waals surface area contributed by atoms with Crippen LogP contribution < -0.4 is 5.32 Å². The molecule has 0 fully saturated rings. The monoisotopic (exact) mass is 282 g/mol. The van der Waals surface area contributed by atoms with Crippen LogP contribution in [0.3, 0.4) is 0 Å². The molecule has 0 aliphatic carbocycles. The zero-order chi connectivity index (χ0) is 13.2. The topological polar surface area (TPSA) is 59.1 Å². The molecule has 0 amide bonds. The van der Waals surface area contributed by atoms with Gasteiger partial charge in [-0.25, -0.2) is 8.42 Å². The molecule has 0 saturated heterocycles. The third-order valence-corrected chi connectivity index (χ3v) is 5.78. The Labute approximate surface area is 111 Å². The number of nitrogens with one attached hydrogen (secondary N) is 1. The smallest absolute Gasteiger partial charge is 0.205 e. The predicted molar refractivity (Wildman–Crippen MR) is 73.7 cm³/mol. The molecule has 0 radical (unpaired) electrons. The van der Waals surface area contributed by atoms with Crippen LogP contribution >= 0.6 is 11.3 Å². The molecule has 0 bridgehead atoms. The van der Waals surface area contributed by atoms with E-state index in [1.165, 1.54) is 11.3 Å². The maximum atomic E-state index is 12.2. The number of aryl methyl sites for hydroxylation is 2. The standard InChI is InChI=1S/C12H14N2O2S2/c1-9-6-10(2)17-12(9)18(15,16)8-14-11-4-3-5-13-7-11/h3-7,14H,8H2,1-2H3. The van der Waals surface area contributed by atoms with Crippen molar-refractivity contribution in [2.45, 2.75) is 18.1 Å². The van der Waals surface area contributed by atoms with E-state index in [2.05, 4.69) is 10.3 Å². The van der Waals surface area contributed by atoms with E-state index >= 15 is 0 Å². The number of nitrogens with zero attached hydrogens (tertiary/aromatic N) is 1. The second-order valence-electron chi connectivity index (χ2n) is 4.01. The van der Waals surface area contributed by atoms with Gasteiger partial charge in [0.05, 0.1) is 5.69 Å². The first-order chi connectivity index (χ1) is 8.49. The average Bonchev–Trinajstić information content (AvgIpc) is 2.68. The Kier molecular flexibility index (Phi) is 3.68. The van der Waals surface area contributed by atoms with Crippen molar-refractivity contribution in [2.24, 2.45) is 0 Å². The second kappa shape index (κ2) is 5.07. The first-order valence-corrected chi connectivity index (χ1v) is 7.89. The quantitative estimate of drug-likeness (QED) is 0.936. The predicted octanol–water partition coefficient (Wildman–Crippen LogP) is 2.60. The molecule has 0 saturated carbocycles. The highest BCUT2D eigenvalue weighted by molar-refractivity contribution is 7.93. The molecule has 0 spiro atoms. The molecule has 96 valence electrons. The minimum atomic E-state index is -3.29. The van der Waals surface area contributed by atoms with Gasteiger partial charge < -0.3 is 5.32 Å². The summed E-state index contributed by atoms with van der Waals surface area (Å²) in [6.07, 6.45) is 3.24. The molecular formula is C12H14N2O2S2. The molecule has 0 atom stereocenters. The fourth-order valence-corrected chi connectivity index (χ4v) is 4.50. The van der Waals surface area contributed by atoms with E-state index in [0.717, 1.165) is 10.4 Å². The third kappa shape index (κ3) is 2.88. The van der Waals surface area contributed by atoms with Crippen molar-refractivity contribution in [3.63, 3.8) is 0 Å². The van der Waals surface area contributed by atoms with E-state index in [-0.39, 0.29) is 5.88 Å². The van der Waals surface area contributed by atoms with Crippen molar-refractivity contribution in [3.8, 4) is 0 Å². The summed E-state index contributed by atoms with van der Waals surface area (Å²) in [4.78, 5) is 4.93. The third-order valence-electron chi connectivity index (χ3n) is 2.41. The van der Waals surface area contributed by atoms with Gasteiger partial charge in [0.15, 0.2) is 0 Å². The van der Waals surface area contributed by atoms with Crippen molar-refractivity contribution < 1.29 is 8.42 Å². The van der Waals surface area contributed by atoms with Crippen LogP contribution in [0, 0.1) is 13.8 Å². The Morgan fingerprint density at radius 1 is 1.39 bits per heavy atom. The Bertz CT molecular complexity index is 633. The molecular weight excluding hydrogens is 268 g/mol. The van der Waals surface area contributed by atoms with Crippen LogP contribution in [0.15, 0.2) is 34.8 Å². The van der Waals surface area contributed by atoms with E-state index in [9.17, 15) is 8.42 Å². The molecule has 2 aromatic rings. The number of rotatable bonds is 4. The Hall–Kier alpha value is -1.40. The number of thiophene rings is 1. The van der Waals surface area contributed by atoms with E-state index in [1.54, 1.807) is 24.5 Å². The molecule has 2 heterocycles. The summed E-state index contributed by atoms with van der Waals surface area (Å²) in [6, 6.07) is 5.44. The first-order valence-electron chi connectivity index (χ1n) is 5.43. The normalized spacial score (nSPS) is 11.4. The van der Waals surface area contributed by atoms with Crippen LogP contribution in [-0.4, -0.2) is 19.3 Å². The lowest BCUT2D eigenvalue weighted by molar-refractivity contribution is 0.599.